The summed E-state index contributed by atoms with van der Waals surface area (Å²) < 4.78 is 1.92. The Labute approximate surface area is 132 Å². The molecular formula is C15H16ClN3OS. The predicted molar refractivity (Wildman–Crippen MR) is 85.2 cm³/mol. The van der Waals surface area contributed by atoms with Crippen LogP contribution >= 0.6 is 22.9 Å². The number of aromatic nitrogens is 1. The molecule has 0 N–H and O–H groups in total. The molecule has 6 heteroatoms. The summed E-state index contributed by atoms with van der Waals surface area (Å²) in [5.74, 6) is 0. The van der Waals surface area contributed by atoms with Gasteiger partial charge in [0.25, 0.3) is 0 Å². The van der Waals surface area contributed by atoms with Gasteiger partial charge in [0.1, 0.15) is 0 Å². The summed E-state index contributed by atoms with van der Waals surface area (Å²) in [7, 11) is 0. The van der Waals surface area contributed by atoms with Gasteiger partial charge >= 0.3 is 6.03 Å². The highest BCUT2D eigenvalue weighted by molar-refractivity contribution is 7.07. The molecule has 2 amide bonds. The fraction of sp³-hybridized carbons (Fsp3) is 0.333. The molecule has 2 aromatic rings. The second kappa shape index (κ2) is 6.03. The zero-order chi connectivity index (χ0) is 14.8. The Morgan fingerprint density at radius 1 is 1.33 bits per heavy atom. The summed E-state index contributed by atoms with van der Waals surface area (Å²) in [6.45, 7) is 3.59. The Morgan fingerprint density at radius 2 is 2.10 bits per heavy atom. The van der Waals surface area contributed by atoms with Crippen LogP contribution in [0.4, 0.5) is 4.79 Å². The zero-order valence-corrected chi connectivity index (χ0v) is 13.3. The first kappa shape index (κ1) is 14.4. The van der Waals surface area contributed by atoms with Crippen molar-refractivity contribution in [3.8, 4) is 5.69 Å². The number of carbonyl (C=O) groups is 1. The van der Waals surface area contributed by atoms with Gasteiger partial charge in [-0.15, -0.1) is 11.3 Å². The Bertz CT molecular complexity index is 729. The number of halogens is 1. The molecule has 1 aromatic heterocycles. The molecule has 1 aromatic carbocycles. The summed E-state index contributed by atoms with van der Waals surface area (Å²) in [6.07, 6.45) is 4.06. The maximum absolute atomic E-state index is 12.1. The van der Waals surface area contributed by atoms with E-state index in [1.165, 1.54) is 11.3 Å². The molecule has 0 unspecified atom stereocenters. The van der Waals surface area contributed by atoms with Gasteiger partial charge in [-0.05, 0) is 43.5 Å². The van der Waals surface area contributed by atoms with Crippen molar-refractivity contribution in [2.24, 2.45) is 4.99 Å². The van der Waals surface area contributed by atoms with Gasteiger partial charge in [0.15, 0.2) is 4.80 Å². The number of thiazole rings is 1. The summed E-state index contributed by atoms with van der Waals surface area (Å²) in [4.78, 5) is 18.9. The number of hydrogen-bond donors (Lipinski definition) is 0. The lowest BCUT2D eigenvalue weighted by atomic mass is 10.2. The molecule has 0 bridgehead atoms. The lowest BCUT2D eigenvalue weighted by Crippen LogP contribution is -2.27. The van der Waals surface area contributed by atoms with E-state index in [0.717, 1.165) is 42.2 Å². The Kier molecular flexibility index (Phi) is 4.12. The van der Waals surface area contributed by atoms with Gasteiger partial charge in [-0.1, -0.05) is 11.6 Å². The fourth-order valence-electron chi connectivity index (χ4n) is 2.39. The number of nitrogens with zero attached hydrogens (tertiary/aromatic N) is 3. The SMILES string of the molecule is Cc1cc(-n2ccsc2=NC(=O)N2CCCC2)ccc1Cl. The van der Waals surface area contributed by atoms with Crippen molar-refractivity contribution in [1.29, 1.82) is 0 Å². The van der Waals surface area contributed by atoms with Gasteiger partial charge in [0.05, 0.1) is 0 Å². The van der Waals surface area contributed by atoms with Crippen molar-refractivity contribution in [3.63, 3.8) is 0 Å². The van der Waals surface area contributed by atoms with Crippen molar-refractivity contribution in [1.82, 2.24) is 9.47 Å². The highest BCUT2D eigenvalue weighted by Gasteiger charge is 2.17. The quantitative estimate of drug-likeness (QED) is 0.790. The van der Waals surface area contributed by atoms with E-state index in [9.17, 15) is 4.79 Å². The number of amides is 2. The predicted octanol–water partition coefficient (Wildman–Crippen LogP) is 3.62. The average molecular weight is 322 g/mol. The molecule has 1 saturated heterocycles. The molecule has 1 aliphatic rings. The minimum atomic E-state index is -0.144. The van der Waals surface area contributed by atoms with Gasteiger partial charge in [-0.25, -0.2) is 4.79 Å². The minimum absolute atomic E-state index is 0.144. The maximum Gasteiger partial charge on any atom is 0.346 e. The van der Waals surface area contributed by atoms with E-state index in [-0.39, 0.29) is 6.03 Å². The van der Waals surface area contributed by atoms with Gasteiger partial charge < -0.3 is 4.90 Å². The van der Waals surface area contributed by atoms with E-state index < -0.39 is 0 Å². The molecule has 0 aliphatic carbocycles. The van der Waals surface area contributed by atoms with Gasteiger partial charge in [0, 0.05) is 35.4 Å². The summed E-state index contributed by atoms with van der Waals surface area (Å²) in [5.41, 5.74) is 1.97. The topological polar surface area (TPSA) is 37.6 Å². The van der Waals surface area contributed by atoms with E-state index >= 15 is 0 Å². The molecule has 0 saturated carbocycles. The maximum atomic E-state index is 12.1. The average Bonchev–Trinajstić information content (AvgIpc) is 3.13. The van der Waals surface area contributed by atoms with E-state index in [1.54, 1.807) is 4.90 Å². The standard InChI is InChI=1S/C15H16ClN3OS/c1-11-10-12(4-5-13(11)16)19-8-9-21-15(19)17-14(20)18-6-2-3-7-18/h4-5,8-10H,2-3,6-7H2,1H3. The third-order valence-electron chi connectivity index (χ3n) is 3.58. The molecule has 21 heavy (non-hydrogen) atoms. The van der Waals surface area contributed by atoms with Crippen molar-refractivity contribution >= 4 is 29.0 Å². The number of hydrogen-bond acceptors (Lipinski definition) is 2. The first-order valence-corrected chi connectivity index (χ1v) is 8.17. The molecule has 2 heterocycles. The molecule has 0 radical (unpaired) electrons. The van der Waals surface area contributed by atoms with Crippen LogP contribution in [0.25, 0.3) is 5.69 Å². The smallest absolute Gasteiger partial charge is 0.323 e. The Balaban J connectivity index is 1.96. The lowest BCUT2D eigenvalue weighted by Gasteiger charge is -2.11. The molecule has 1 aliphatic heterocycles. The number of benzene rings is 1. The number of urea groups is 1. The van der Waals surface area contributed by atoms with Gasteiger partial charge in [-0.3, -0.25) is 4.57 Å². The van der Waals surface area contributed by atoms with Crippen LogP contribution in [0, 0.1) is 6.92 Å². The number of likely N-dealkylation sites (tertiary alicyclic amines) is 1. The molecule has 0 atom stereocenters. The van der Waals surface area contributed by atoms with Crippen LogP contribution in [0.5, 0.6) is 0 Å². The normalized spacial score (nSPS) is 15.7. The zero-order valence-electron chi connectivity index (χ0n) is 11.8. The molecular weight excluding hydrogens is 306 g/mol. The van der Waals surface area contributed by atoms with Gasteiger partial charge in [0.2, 0.25) is 0 Å². The van der Waals surface area contributed by atoms with E-state index in [2.05, 4.69) is 4.99 Å². The molecule has 1 fully saturated rings. The van der Waals surface area contributed by atoms with E-state index in [4.69, 9.17) is 11.6 Å². The number of aryl methyl sites for hydroxylation is 1. The second-order valence-electron chi connectivity index (χ2n) is 5.08. The van der Waals surface area contributed by atoms with Crippen LogP contribution < -0.4 is 4.80 Å². The third kappa shape index (κ3) is 3.04. The van der Waals surface area contributed by atoms with Crippen LogP contribution in [0.3, 0.4) is 0 Å². The number of rotatable bonds is 1. The highest BCUT2D eigenvalue weighted by Crippen LogP contribution is 2.18. The first-order valence-electron chi connectivity index (χ1n) is 6.91. The van der Waals surface area contributed by atoms with Crippen LogP contribution in [0.15, 0.2) is 34.8 Å². The van der Waals surface area contributed by atoms with E-state index in [0.29, 0.717) is 4.80 Å². The van der Waals surface area contributed by atoms with Crippen LogP contribution in [-0.2, 0) is 0 Å². The highest BCUT2D eigenvalue weighted by atomic mass is 35.5. The molecule has 110 valence electrons. The summed E-state index contributed by atoms with van der Waals surface area (Å²) in [6, 6.07) is 5.65. The molecule has 4 nitrogen and oxygen atoms in total. The lowest BCUT2D eigenvalue weighted by molar-refractivity contribution is 0.218. The van der Waals surface area contributed by atoms with Crippen molar-refractivity contribution < 1.29 is 4.79 Å². The number of carbonyl (C=O) groups excluding carboxylic acids is 1. The molecule has 0 spiro atoms. The van der Waals surface area contributed by atoms with Crippen molar-refractivity contribution in [3.05, 3.63) is 45.2 Å². The van der Waals surface area contributed by atoms with Crippen molar-refractivity contribution in [2.75, 3.05) is 13.1 Å². The van der Waals surface area contributed by atoms with Crippen LogP contribution in [0.2, 0.25) is 5.02 Å². The minimum Gasteiger partial charge on any atom is -0.323 e. The largest absolute Gasteiger partial charge is 0.346 e. The Morgan fingerprint density at radius 3 is 2.81 bits per heavy atom. The van der Waals surface area contributed by atoms with Crippen molar-refractivity contribution in [2.45, 2.75) is 19.8 Å². The summed E-state index contributed by atoms with van der Waals surface area (Å²) in [5, 5.41) is 2.67. The van der Waals surface area contributed by atoms with Crippen LogP contribution in [0.1, 0.15) is 18.4 Å². The second-order valence-corrected chi connectivity index (χ2v) is 6.36. The van der Waals surface area contributed by atoms with Gasteiger partial charge in [-0.2, -0.15) is 4.99 Å². The summed E-state index contributed by atoms with van der Waals surface area (Å²) >= 11 is 7.52. The first-order chi connectivity index (χ1) is 10.1. The van der Waals surface area contributed by atoms with Crippen LogP contribution in [-0.4, -0.2) is 28.6 Å². The Hall–Kier alpha value is -1.59. The fourth-order valence-corrected chi connectivity index (χ4v) is 3.22. The third-order valence-corrected chi connectivity index (χ3v) is 4.76. The molecule has 3 rings (SSSR count). The van der Waals surface area contributed by atoms with E-state index in [1.807, 2.05) is 41.3 Å². The monoisotopic (exact) mass is 321 g/mol.